The molecule has 0 N–H and O–H groups in total. The Morgan fingerprint density at radius 3 is 2.45 bits per heavy atom. The highest BCUT2D eigenvalue weighted by Gasteiger charge is 2.31. The first kappa shape index (κ1) is 22.7. The number of carbonyl (C=O) groups excluding carboxylic acids is 1. The van der Waals surface area contributed by atoms with E-state index in [0.717, 1.165) is 18.7 Å². The second kappa shape index (κ2) is 9.14. The molecule has 2 heterocycles. The molecule has 0 aliphatic carbocycles. The van der Waals surface area contributed by atoms with Crippen molar-refractivity contribution in [2.24, 2.45) is 0 Å². The van der Waals surface area contributed by atoms with Crippen LogP contribution in [0.1, 0.15) is 0 Å². The van der Waals surface area contributed by atoms with Crippen molar-refractivity contribution in [1.82, 2.24) is 9.80 Å². The number of alkyl halides is 3. The van der Waals surface area contributed by atoms with Crippen molar-refractivity contribution in [2.45, 2.75) is 6.36 Å². The molecule has 1 aliphatic heterocycles. The van der Waals surface area contributed by atoms with E-state index in [1.54, 1.807) is 30.1 Å². The van der Waals surface area contributed by atoms with Gasteiger partial charge in [-0.05, 0) is 29.8 Å². The van der Waals surface area contributed by atoms with Gasteiger partial charge in [0, 0.05) is 32.7 Å². The molecule has 10 heteroatoms. The summed E-state index contributed by atoms with van der Waals surface area (Å²) in [6.45, 7) is 2.79. The number of hydrogen-bond donors (Lipinski definition) is 0. The Hall–Kier alpha value is -3.53. The van der Waals surface area contributed by atoms with Gasteiger partial charge >= 0.3 is 6.36 Å². The monoisotopic (exact) mass is 462 g/mol. The number of halogens is 3. The molecule has 1 saturated heterocycles. The third kappa shape index (κ3) is 5.46. The lowest BCUT2D eigenvalue weighted by Gasteiger charge is -2.31. The van der Waals surface area contributed by atoms with Gasteiger partial charge in [0.05, 0.1) is 17.5 Å². The zero-order valence-electron chi connectivity index (χ0n) is 17.7. The normalized spacial score (nSPS) is 15.2. The highest BCUT2D eigenvalue weighted by molar-refractivity contribution is 5.82. The SMILES string of the molecule is CN1CCN(CCOc2ccc3c(=O)c(-c4ccc(OC(F)(F)F)cc4)coc3c2)CC1=O. The smallest absolute Gasteiger partial charge is 0.492 e. The fourth-order valence-electron chi connectivity index (χ4n) is 3.52. The van der Waals surface area contributed by atoms with Gasteiger partial charge in [-0.2, -0.15) is 0 Å². The molecule has 0 radical (unpaired) electrons. The number of piperazine rings is 1. The zero-order valence-corrected chi connectivity index (χ0v) is 17.7. The Labute approximate surface area is 186 Å². The van der Waals surface area contributed by atoms with Crippen LogP contribution in [-0.4, -0.2) is 61.9 Å². The van der Waals surface area contributed by atoms with Crippen LogP contribution in [0.15, 0.2) is 57.9 Å². The van der Waals surface area contributed by atoms with Gasteiger partial charge < -0.3 is 18.8 Å². The predicted octanol–water partition coefficient (Wildman–Crippen LogP) is 3.51. The van der Waals surface area contributed by atoms with E-state index in [9.17, 15) is 22.8 Å². The maximum absolute atomic E-state index is 12.9. The summed E-state index contributed by atoms with van der Waals surface area (Å²) in [6, 6.07) is 9.84. The first-order valence-electron chi connectivity index (χ1n) is 10.2. The van der Waals surface area contributed by atoms with Crippen LogP contribution in [0.25, 0.3) is 22.1 Å². The minimum atomic E-state index is -4.79. The van der Waals surface area contributed by atoms with Crippen LogP contribution in [-0.2, 0) is 4.79 Å². The summed E-state index contributed by atoms with van der Waals surface area (Å²) >= 11 is 0. The Kier molecular flexibility index (Phi) is 6.28. The molecule has 0 spiro atoms. The average Bonchev–Trinajstić information content (AvgIpc) is 2.76. The third-order valence-corrected chi connectivity index (χ3v) is 5.36. The minimum absolute atomic E-state index is 0.0760. The van der Waals surface area contributed by atoms with Crippen LogP contribution in [0, 0.1) is 0 Å². The molecule has 1 aliphatic rings. The molecule has 1 fully saturated rings. The molecule has 0 atom stereocenters. The van der Waals surface area contributed by atoms with E-state index >= 15 is 0 Å². The molecule has 0 unspecified atom stereocenters. The average molecular weight is 462 g/mol. The van der Waals surface area contributed by atoms with Crippen LogP contribution < -0.4 is 14.9 Å². The van der Waals surface area contributed by atoms with Crippen LogP contribution in [0.5, 0.6) is 11.5 Å². The maximum atomic E-state index is 12.9. The van der Waals surface area contributed by atoms with Crippen LogP contribution in [0.2, 0.25) is 0 Å². The Balaban J connectivity index is 1.44. The van der Waals surface area contributed by atoms with Crippen molar-refractivity contribution in [3.63, 3.8) is 0 Å². The van der Waals surface area contributed by atoms with Crippen LogP contribution in [0.4, 0.5) is 13.2 Å². The van der Waals surface area contributed by atoms with E-state index in [1.807, 2.05) is 4.90 Å². The standard InChI is InChI=1S/C23H21F3N2O5/c1-27-8-9-28(13-21(27)29)10-11-31-17-6-7-18-20(12-17)32-14-19(22(18)30)15-2-4-16(5-3-15)33-23(24,25)26/h2-7,12,14H,8-11,13H2,1H3. The summed E-state index contributed by atoms with van der Waals surface area (Å²) in [6.07, 6.45) is -3.52. The summed E-state index contributed by atoms with van der Waals surface area (Å²) in [4.78, 5) is 28.4. The molecule has 1 amide bonds. The number of hydrogen-bond acceptors (Lipinski definition) is 6. The van der Waals surface area contributed by atoms with E-state index in [-0.39, 0.29) is 22.6 Å². The third-order valence-electron chi connectivity index (χ3n) is 5.36. The van der Waals surface area contributed by atoms with Crippen molar-refractivity contribution < 1.29 is 31.9 Å². The van der Waals surface area contributed by atoms with Gasteiger partial charge in [-0.15, -0.1) is 13.2 Å². The van der Waals surface area contributed by atoms with Gasteiger partial charge in [-0.3, -0.25) is 14.5 Å². The molecule has 3 aromatic rings. The second-order valence-corrected chi connectivity index (χ2v) is 7.65. The highest BCUT2D eigenvalue weighted by Crippen LogP contribution is 2.27. The molecule has 174 valence electrons. The van der Waals surface area contributed by atoms with Gasteiger partial charge in [0.2, 0.25) is 5.91 Å². The van der Waals surface area contributed by atoms with Crippen molar-refractivity contribution in [1.29, 1.82) is 0 Å². The number of fused-ring (bicyclic) bond motifs is 1. The molecule has 2 aromatic carbocycles. The van der Waals surface area contributed by atoms with Crippen molar-refractivity contribution in [2.75, 3.05) is 39.8 Å². The van der Waals surface area contributed by atoms with Crippen molar-refractivity contribution in [3.05, 3.63) is 59.0 Å². The van der Waals surface area contributed by atoms with Crippen molar-refractivity contribution in [3.8, 4) is 22.6 Å². The Morgan fingerprint density at radius 1 is 1.03 bits per heavy atom. The van der Waals surface area contributed by atoms with Gasteiger partial charge in [-0.1, -0.05) is 12.1 Å². The molecule has 1 aromatic heterocycles. The summed E-state index contributed by atoms with van der Waals surface area (Å²) in [5.74, 6) is 0.221. The summed E-state index contributed by atoms with van der Waals surface area (Å²) < 4.78 is 52.2. The molecule has 4 rings (SSSR count). The van der Waals surface area contributed by atoms with E-state index in [1.165, 1.54) is 18.4 Å². The van der Waals surface area contributed by atoms with E-state index in [2.05, 4.69) is 4.74 Å². The number of amides is 1. The van der Waals surface area contributed by atoms with Gasteiger partial charge in [0.15, 0.2) is 5.43 Å². The number of likely N-dealkylation sites (N-methyl/N-ethyl adjacent to an activating group) is 1. The summed E-state index contributed by atoms with van der Waals surface area (Å²) in [5.41, 5.74) is 0.632. The highest BCUT2D eigenvalue weighted by atomic mass is 19.4. The topological polar surface area (TPSA) is 72.2 Å². The van der Waals surface area contributed by atoms with Gasteiger partial charge in [0.1, 0.15) is 30.0 Å². The molecule has 0 saturated carbocycles. The quantitative estimate of drug-likeness (QED) is 0.558. The lowest BCUT2D eigenvalue weighted by Crippen LogP contribution is -2.49. The molecule has 7 nitrogen and oxygen atoms in total. The largest absolute Gasteiger partial charge is 0.573 e. The number of nitrogens with zero attached hydrogens (tertiary/aromatic N) is 2. The fraction of sp³-hybridized carbons (Fsp3) is 0.304. The number of benzene rings is 2. The van der Waals surface area contributed by atoms with E-state index < -0.39 is 6.36 Å². The Morgan fingerprint density at radius 2 is 1.76 bits per heavy atom. The lowest BCUT2D eigenvalue weighted by molar-refractivity contribution is -0.274. The van der Waals surface area contributed by atoms with Gasteiger partial charge in [0.25, 0.3) is 0 Å². The number of rotatable bonds is 6. The first-order valence-corrected chi connectivity index (χ1v) is 10.2. The lowest BCUT2D eigenvalue weighted by atomic mass is 10.1. The predicted molar refractivity (Wildman–Crippen MR) is 114 cm³/mol. The van der Waals surface area contributed by atoms with Crippen LogP contribution >= 0.6 is 0 Å². The van der Waals surface area contributed by atoms with Crippen molar-refractivity contribution >= 4 is 16.9 Å². The zero-order chi connectivity index (χ0) is 23.6. The molecule has 0 bridgehead atoms. The maximum Gasteiger partial charge on any atom is 0.573 e. The number of ether oxygens (including phenoxy) is 2. The van der Waals surface area contributed by atoms with Gasteiger partial charge in [-0.25, -0.2) is 0 Å². The fourth-order valence-corrected chi connectivity index (χ4v) is 3.52. The Bertz CT molecular complexity index is 1210. The second-order valence-electron chi connectivity index (χ2n) is 7.65. The minimum Gasteiger partial charge on any atom is -0.492 e. The first-order chi connectivity index (χ1) is 15.7. The molecular formula is C23H21F3N2O5. The molecule has 33 heavy (non-hydrogen) atoms. The summed E-state index contributed by atoms with van der Waals surface area (Å²) in [7, 11) is 1.78. The molecular weight excluding hydrogens is 441 g/mol. The van der Waals surface area contributed by atoms with E-state index in [4.69, 9.17) is 9.15 Å². The van der Waals surface area contributed by atoms with E-state index in [0.29, 0.717) is 48.5 Å². The number of carbonyl (C=O) groups is 1. The summed E-state index contributed by atoms with van der Waals surface area (Å²) in [5, 5.41) is 0.320. The van der Waals surface area contributed by atoms with Crippen LogP contribution in [0.3, 0.4) is 0 Å².